The van der Waals surface area contributed by atoms with Crippen molar-refractivity contribution in [3.05, 3.63) is 53.2 Å². The van der Waals surface area contributed by atoms with Gasteiger partial charge < -0.3 is 10.3 Å². The third-order valence-corrected chi connectivity index (χ3v) is 5.80. The van der Waals surface area contributed by atoms with Crippen LogP contribution in [0.5, 0.6) is 0 Å². The Labute approximate surface area is 168 Å². The van der Waals surface area contributed by atoms with Crippen molar-refractivity contribution in [1.82, 2.24) is 29.5 Å². The van der Waals surface area contributed by atoms with E-state index < -0.39 is 0 Å². The molecule has 150 valence electrons. The van der Waals surface area contributed by atoms with Crippen LogP contribution in [0.4, 0.5) is 0 Å². The van der Waals surface area contributed by atoms with Crippen molar-refractivity contribution >= 4 is 16.7 Å². The number of fused-ring (bicyclic) bond motifs is 2. The second-order valence-electron chi connectivity index (χ2n) is 9.41. The number of pyridine rings is 2. The summed E-state index contributed by atoms with van der Waals surface area (Å²) in [7, 11) is 0. The number of imidazole rings is 1. The molecule has 29 heavy (non-hydrogen) atoms. The molecule has 5 rings (SSSR count). The minimum Gasteiger partial charge on any atom is -0.307 e. The maximum Gasteiger partial charge on any atom is 0.327 e. The zero-order valence-electron chi connectivity index (χ0n) is 17.2. The SMILES string of the molecule is CC1(C)CC(n2c(=O)[nH]c3ccc(-c4cnn5ccccc45)nc32)CC(C)(C)N1. The first-order valence-electron chi connectivity index (χ1n) is 10.1. The first-order valence-corrected chi connectivity index (χ1v) is 10.1. The summed E-state index contributed by atoms with van der Waals surface area (Å²) >= 11 is 0. The van der Waals surface area contributed by atoms with Crippen LogP contribution in [0.3, 0.4) is 0 Å². The van der Waals surface area contributed by atoms with Crippen molar-refractivity contribution in [2.75, 3.05) is 0 Å². The highest BCUT2D eigenvalue weighted by molar-refractivity contribution is 5.82. The van der Waals surface area contributed by atoms with Gasteiger partial charge in [-0.05, 0) is 64.8 Å². The molecule has 0 atom stereocenters. The van der Waals surface area contributed by atoms with Gasteiger partial charge in [-0.15, -0.1) is 0 Å². The third kappa shape index (κ3) is 3.06. The molecule has 1 saturated heterocycles. The standard InChI is InChI=1S/C22H26N6O/c1-21(2)11-14(12-22(3,4)26-21)28-19-17(25-20(28)29)9-8-16(24-19)15-13-23-27-10-6-5-7-18(15)27/h5-10,13-14,26H,11-12H2,1-4H3,(H,25,29). The van der Waals surface area contributed by atoms with Gasteiger partial charge in [0.05, 0.1) is 22.9 Å². The first-order chi connectivity index (χ1) is 13.7. The molecule has 5 heterocycles. The predicted octanol–water partition coefficient (Wildman–Crippen LogP) is 3.52. The summed E-state index contributed by atoms with van der Waals surface area (Å²) in [4.78, 5) is 20.8. The highest BCUT2D eigenvalue weighted by Crippen LogP contribution is 2.36. The molecule has 0 amide bonds. The molecular weight excluding hydrogens is 364 g/mol. The van der Waals surface area contributed by atoms with Crippen LogP contribution >= 0.6 is 0 Å². The molecule has 2 N–H and O–H groups in total. The molecular formula is C22H26N6O. The van der Waals surface area contributed by atoms with E-state index in [-0.39, 0.29) is 22.8 Å². The topological polar surface area (TPSA) is 80.0 Å². The molecule has 1 aliphatic heterocycles. The summed E-state index contributed by atoms with van der Waals surface area (Å²) in [5, 5.41) is 8.11. The van der Waals surface area contributed by atoms with E-state index in [1.54, 1.807) is 0 Å². The van der Waals surface area contributed by atoms with Gasteiger partial charge in [-0.2, -0.15) is 5.10 Å². The van der Waals surface area contributed by atoms with E-state index in [4.69, 9.17) is 4.98 Å². The van der Waals surface area contributed by atoms with Crippen molar-refractivity contribution in [1.29, 1.82) is 0 Å². The van der Waals surface area contributed by atoms with Crippen LogP contribution in [0, 0.1) is 0 Å². The Morgan fingerprint density at radius 2 is 1.83 bits per heavy atom. The van der Waals surface area contributed by atoms with E-state index in [1.807, 2.05) is 51.8 Å². The van der Waals surface area contributed by atoms with Crippen LogP contribution in [-0.4, -0.2) is 35.2 Å². The Morgan fingerprint density at radius 3 is 2.59 bits per heavy atom. The van der Waals surface area contributed by atoms with Gasteiger partial charge in [0.15, 0.2) is 5.65 Å². The lowest BCUT2D eigenvalue weighted by atomic mass is 9.79. The molecule has 0 bridgehead atoms. The Kier molecular flexibility index (Phi) is 3.77. The van der Waals surface area contributed by atoms with Crippen LogP contribution in [0.25, 0.3) is 27.9 Å². The maximum atomic E-state index is 12.9. The summed E-state index contributed by atoms with van der Waals surface area (Å²) < 4.78 is 3.69. The van der Waals surface area contributed by atoms with Crippen LogP contribution in [0.2, 0.25) is 0 Å². The molecule has 7 heteroatoms. The van der Waals surface area contributed by atoms with Gasteiger partial charge in [0, 0.05) is 28.9 Å². The number of aromatic nitrogens is 5. The molecule has 0 aromatic carbocycles. The van der Waals surface area contributed by atoms with Crippen LogP contribution in [0.15, 0.2) is 47.5 Å². The van der Waals surface area contributed by atoms with E-state index in [0.717, 1.165) is 35.1 Å². The van der Waals surface area contributed by atoms with Crippen molar-refractivity contribution in [2.24, 2.45) is 0 Å². The zero-order chi connectivity index (χ0) is 20.4. The molecule has 0 aliphatic carbocycles. The molecule has 0 unspecified atom stereocenters. The average molecular weight is 390 g/mol. The highest BCUT2D eigenvalue weighted by Gasteiger charge is 2.39. The fourth-order valence-corrected chi connectivity index (χ4v) is 5.07. The summed E-state index contributed by atoms with van der Waals surface area (Å²) in [5.74, 6) is 0. The van der Waals surface area contributed by atoms with Gasteiger partial charge in [0.2, 0.25) is 0 Å². The fraction of sp³-hybridized carbons (Fsp3) is 0.409. The lowest BCUT2D eigenvalue weighted by molar-refractivity contribution is 0.132. The second kappa shape index (κ2) is 6.03. The number of hydrogen-bond acceptors (Lipinski definition) is 4. The van der Waals surface area contributed by atoms with E-state index in [0.29, 0.717) is 5.65 Å². The molecule has 0 saturated carbocycles. The lowest BCUT2D eigenvalue weighted by Crippen LogP contribution is -2.58. The number of rotatable bonds is 2. The van der Waals surface area contributed by atoms with Crippen molar-refractivity contribution in [3.63, 3.8) is 0 Å². The van der Waals surface area contributed by atoms with Gasteiger partial charge in [0.25, 0.3) is 0 Å². The Balaban J connectivity index is 1.66. The highest BCUT2D eigenvalue weighted by atomic mass is 16.1. The quantitative estimate of drug-likeness (QED) is 0.549. The van der Waals surface area contributed by atoms with E-state index >= 15 is 0 Å². The average Bonchev–Trinajstić information content (AvgIpc) is 3.18. The van der Waals surface area contributed by atoms with E-state index in [1.165, 1.54) is 0 Å². The lowest BCUT2D eigenvalue weighted by Gasteiger charge is -2.46. The number of piperidine rings is 1. The van der Waals surface area contributed by atoms with Gasteiger partial charge in [0.1, 0.15) is 0 Å². The van der Waals surface area contributed by atoms with Gasteiger partial charge >= 0.3 is 5.69 Å². The van der Waals surface area contributed by atoms with E-state index in [2.05, 4.69) is 43.1 Å². The Bertz CT molecular complexity index is 1260. The smallest absolute Gasteiger partial charge is 0.307 e. The van der Waals surface area contributed by atoms with Crippen LogP contribution < -0.4 is 11.0 Å². The summed E-state index contributed by atoms with van der Waals surface area (Å²) in [6, 6.07) is 9.93. The monoisotopic (exact) mass is 390 g/mol. The number of aromatic amines is 1. The normalized spacial score (nSPS) is 19.2. The van der Waals surface area contributed by atoms with Gasteiger partial charge in [-0.3, -0.25) is 4.57 Å². The first kappa shape index (κ1) is 18.1. The van der Waals surface area contributed by atoms with Gasteiger partial charge in [-0.25, -0.2) is 14.3 Å². The van der Waals surface area contributed by atoms with Gasteiger partial charge in [-0.1, -0.05) is 6.07 Å². The van der Waals surface area contributed by atoms with Crippen molar-refractivity contribution in [3.8, 4) is 11.3 Å². The molecule has 1 aliphatic rings. The molecule has 0 spiro atoms. The molecule has 4 aromatic rings. The third-order valence-electron chi connectivity index (χ3n) is 5.80. The zero-order valence-corrected chi connectivity index (χ0v) is 17.2. The molecule has 7 nitrogen and oxygen atoms in total. The number of nitrogens with zero attached hydrogens (tertiary/aromatic N) is 4. The maximum absolute atomic E-state index is 12.9. The van der Waals surface area contributed by atoms with Crippen LogP contribution in [0.1, 0.15) is 46.6 Å². The Morgan fingerprint density at radius 1 is 1.07 bits per heavy atom. The fourth-order valence-electron chi connectivity index (χ4n) is 5.07. The molecule has 4 aromatic heterocycles. The minimum absolute atomic E-state index is 0.0600. The summed E-state index contributed by atoms with van der Waals surface area (Å²) in [6.45, 7) is 8.77. The second-order valence-corrected chi connectivity index (χ2v) is 9.41. The van der Waals surface area contributed by atoms with Crippen molar-refractivity contribution < 1.29 is 0 Å². The molecule has 1 fully saturated rings. The number of nitrogens with one attached hydrogen (secondary N) is 2. The van der Waals surface area contributed by atoms with Crippen molar-refractivity contribution in [2.45, 2.75) is 57.7 Å². The predicted molar refractivity (Wildman–Crippen MR) is 114 cm³/mol. The van der Waals surface area contributed by atoms with E-state index in [9.17, 15) is 4.79 Å². The summed E-state index contributed by atoms with van der Waals surface area (Å²) in [5.41, 5.74) is 4.03. The minimum atomic E-state index is -0.0944. The molecule has 0 radical (unpaired) electrons. The largest absolute Gasteiger partial charge is 0.327 e. The number of hydrogen-bond donors (Lipinski definition) is 2. The summed E-state index contributed by atoms with van der Waals surface area (Å²) in [6.07, 6.45) is 5.48. The van der Waals surface area contributed by atoms with Crippen LogP contribution in [-0.2, 0) is 0 Å². The Hall–Kier alpha value is -2.93. The number of H-pyrrole nitrogens is 1.